The summed E-state index contributed by atoms with van der Waals surface area (Å²) in [5, 5.41) is 20.4. The van der Waals surface area contributed by atoms with Crippen molar-refractivity contribution in [3.05, 3.63) is 63.8 Å². The first-order chi connectivity index (χ1) is 14.3. The highest BCUT2D eigenvalue weighted by atomic mass is 19.1. The SMILES string of the molecule is CC1(C)OCCn2c1nc(C(=O)NCc1ccc(F)cc1-n1ccnn1)c(O)c2=O. The van der Waals surface area contributed by atoms with Gasteiger partial charge in [-0.1, -0.05) is 11.3 Å². The number of halogens is 1. The summed E-state index contributed by atoms with van der Waals surface area (Å²) >= 11 is 0. The first-order valence-corrected chi connectivity index (χ1v) is 9.19. The number of aromatic hydroxyl groups is 1. The summed E-state index contributed by atoms with van der Waals surface area (Å²) in [5.74, 6) is -1.69. The third kappa shape index (κ3) is 3.43. The van der Waals surface area contributed by atoms with Crippen LogP contribution in [-0.4, -0.2) is 42.2 Å². The molecule has 10 nitrogen and oxygen atoms in total. The number of carbonyl (C=O) groups excluding carboxylic acids is 1. The quantitative estimate of drug-likeness (QED) is 0.649. The summed E-state index contributed by atoms with van der Waals surface area (Å²) in [6, 6.07) is 4.01. The molecule has 0 atom stereocenters. The van der Waals surface area contributed by atoms with Gasteiger partial charge in [-0.25, -0.2) is 14.1 Å². The topological polar surface area (TPSA) is 124 Å². The van der Waals surface area contributed by atoms with E-state index < -0.39 is 34.3 Å². The van der Waals surface area contributed by atoms with Gasteiger partial charge in [-0.2, -0.15) is 0 Å². The maximum Gasteiger partial charge on any atom is 0.296 e. The maximum absolute atomic E-state index is 13.7. The molecule has 2 aromatic heterocycles. The molecule has 0 unspecified atom stereocenters. The number of ether oxygens (including phenoxy) is 1. The minimum absolute atomic E-state index is 0.0201. The predicted octanol–water partition coefficient (Wildman–Crippen LogP) is 0.864. The highest BCUT2D eigenvalue weighted by Crippen LogP contribution is 2.27. The predicted molar refractivity (Wildman–Crippen MR) is 102 cm³/mol. The number of nitrogens with zero attached hydrogens (tertiary/aromatic N) is 5. The van der Waals surface area contributed by atoms with Gasteiger partial charge in [-0.3, -0.25) is 14.2 Å². The van der Waals surface area contributed by atoms with E-state index in [0.29, 0.717) is 17.9 Å². The van der Waals surface area contributed by atoms with Gasteiger partial charge in [0.05, 0.1) is 31.2 Å². The zero-order valence-corrected chi connectivity index (χ0v) is 16.3. The molecule has 0 aliphatic carbocycles. The molecule has 2 N–H and O–H groups in total. The molecule has 0 bridgehead atoms. The second-order valence-electron chi connectivity index (χ2n) is 7.25. The van der Waals surface area contributed by atoms with Gasteiger partial charge in [-0.15, -0.1) is 5.10 Å². The summed E-state index contributed by atoms with van der Waals surface area (Å²) in [4.78, 5) is 29.5. The molecule has 3 heterocycles. The van der Waals surface area contributed by atoms with Crippen molar-refractivity contribution in [2.45, 2.75) is 32.5 Å². The molecule has 1 aliphatic heterocycles. The van der Waals surface area contributed by atoms with Crippen molar-refractivity contribution in [1.29, 1.82) is 0 Å². The molecule has 156 valence electrons. The molecule has 1 aromatic carbocycles. The van der Waals surface area contributed by atoms with Crippen LogP contribution < -0.4 is 10.9 Å². The first kappa shape index (κ1) is 19.7. The molecule has 1 amide bonds. The molecule has 0 radical (unpaired) electrons. The Morgan fingerprint density at radius 2 is 2.20 bits per heavy atom. The van der Waals surface area contributed by atoms with Crippen LogP contribution in [0.2, 0.25) is 0 Å². The van der Waals surface area contributed by atoms with Gasteiger partial charge < -0.3 is 15.2 Å². The van der Waals surface area contributed by atoms with Crippen molar-refractivity contribution in [2.24, 2.45) is 0 Å². The summed E-state index contributed by atoms with van der Waals surface area (Å²) < 4.78 is 22.0. The van der Waals surface area contributed by atoms with E-state index >= 15 is 0 Å². The minimum atomic E-state index is -0.892. The van der Waals surface area contributed by atoms with Crippen LogP contribution in [-0.2, 0) is 23.4 Å². The van der Waals surface area contributed by atoms with Gasteiger partial charge in [0, 0.05) is 6.54 Å². The number of hydrogen-bond donors (Lipinski definition) is 2. The lowest BCUT2D eigenvalue weighted by Crippen LogP contribution is -2.42. The molecule has 11 heteroatoms. The minimum Gasteiger partial charge on any atom is -0.501 e. The van der Waals surface area contributed by atoms with Crippen molar-refractivity contribution in [1.82, 2.24) is 29.9 Å². The van der Waals surface area contributed by atoms with Crippen LogP contribution in [0.25, 0.3) is 5.69 Å². The van der Waals surface area contributed by atoms with Crippen LogP contribution in [0.4, 0.5) is 4.39 Å². The van der Waals surface area contributed by atoms with Gasteiger partial charge in [0.1, 0.15) is 17.2 Å². The van der Waals surface area contributed by atoms with Crippen LogP contribution >= 0.6 is 0 Å². The number of nitrogens with one attached hydrogen (secondary N) is 1. The van der Waals surface area contributed by atoms with Crippen molar-refractivity contribution in [2.75, 3.05) is 6.61 Å². The standard InChI is InChI=1S/C19H19FN6O4/c1-19(2)18-23-14(15(27)17(29)25(18)7-8-30-19)16(28)21-10-11-3-4-12(20)9-13(11)26-6-5-22-24-26/h3-6,9,27H,7-8,10H2,1-2H3,(H,21,28). The number of rotatable bonds is 4. The Morgan fingerprint density at radius 1 is 1.40 bits per heavy atom. The molecular formula is C19H19FN6O4. The fourth-order valence-electron chi connectivity index (χ4n) is 3.32. The average molecular weight is 414 g/mol. The second kappa shape index (κ2) is 7.34. The maximum atomic E-state index is 13.7. The zero-order valence-electron chi connectivity index (χ0n) is 16.3. The summed E-state index contributed by atoms with van der Waals surface area (Å²) in [6.07, 6.45) is 2.99. The third-order valence-corrected chi connectivity index (χ3v) is 4.83. The van der Waals surface area contributed by atoms with Crippen LogP contribution in [0.1, 0.15) is 35.7 Å². The van der Waals surface area contributed by atoms with E-state index in [1.54, 1.807) is 20.0 Å². The van der Waals surface area contributed by atoms with Crippen LogP contribution in [0.5, 0.6) is 5.75 Å². The number of amides is 1. The monoisotopic (exact) mass is 414 g/mol. The molecule has 0 saturated carbocycles. The fourth-order valence-corrected chi connectivity index (χ4v) is 3.32. The van der Waals surface area contributed by atoms with E-state index in [4.69, 9.17) is 4.74 Å². The number of benzene rings is 1. The summed E-state index contributed by atoms with van der Waals surface area (Å²) in [5.41, 5.74) is -1.05. The number of aromatic nitrogens is 5. The van der Waals surface area contributed by atoms with Crippen molar-refractivity contribution in [3.63, 3.8) is 0 Å². The van der Waals surface area contributed by atoms with E-state index in [1.807, 2.05) is 0 Å². The van der Waals surface area contributed by atoms with Gasteiger partial charge in [0.2, 0.25) is 5.75 Å². The largest absolute Gasteiger partial charge is 0.501 e. The van der Waals surface area contributed by atoms with Crippen LogP contribution in [0.15, 0.2) is 35.4 Å². The lowest BCUT2D eigenvalue weighted by atomic mass is 10.1. The molecule has 0 fully saturated rings. The second-order valence-corrected chi connectivity index (χ2v) is 7.25. The molecule has 4 rings (SSSR count). The van der Waals surface area contributed by atoms with Crippen LogP contribution in [0, 0.1) is 5.82 Å². The number of fused-ring (bicyclic) bond motifs is 1. The van der Waals surface area contributed by atoms with Crippen LogP contribution in [0.3, 0.4) is 0 Å². The Balaban J connectivity index is 1.64. The van der Waals surface area contributed by atoms with Gasteiger partial charge in [-0.05, 0) is 31.5 Å². The van der Waals surface area contributed by atoms with E-state index in [1.165, 1.54) is 33.6 Å². The van der Waals surface area contributed by atoms with E-state index in [9.17, 15) is 19.1 Å². The lowest BCUT2D eigenvalue weighted by Gasteiger charge is -2.32. The normalized spacial score (nSPS) is 14.9. The number of carbonyl (C=O) groups is 1. The zero-order chi connectivity index (χ0) is 21.5. The van der Waals surface area contributed by atoms with Gasteiger partial charge in [0.15, 0.2) is 5.69 Å². The highest BCUT2D eigenvalue weighted by Gasteiger charge is 2.34. The highest BCUT2D eigenvalue weighted by molar-refractivity contribution is 5.94. The smallest absolute Gasteiger partial charge is 0.296 e. The Bertz CT molecular complexity index is 1170. The van der Waals surface area contributed by atoms with E-state index in [2.05, 4.69) is 20.6 Å². The molecule has 30 heavy (non-hydrogen) atoms. The Kier molecular flexibility index (Phi) is 4.82. The Hall–Kier alpha value is -3.60. The average Bonchev–Trinajstić information content (AvgIpc) is 3.24. The number of hydrogen-bond acceptors (Lipinski definition) is 7. The van der Waals surface area contributed by atoms with E-state index in [-0.39, 0.29) is 18.9 Å². The molecule has 3 aromatic rings. The fraction of sp³-hybridized carbons (Fsp3) is 0.316. The summed E-state index contributed by atoms with van der Waals surface area (Å²) in [6.45, 7) is 3.96. The molecular weight excluding hydrogens is 395 g/mol. The van der Waals surface area contributed by atoms with Crippen molar-refractivity contribution >= 4 is 5.91 Å². The van der Waals surface area contributed by atoms with Crippen molar-refractivity contribution in [3.8, 4) is 11.4 Å². The Morgan fingerprint density at radius 3 is 2.93 bits per heavy atom. The molecule has 0 saturated heterocycles. The lowest BCUT2D eigenvalue weighted by molar-refractivity contribution is -0.0566. The molecule has 0 spiro atoms. The summed E-state index contributed by atoms with van der Waals surface area (Å²) in [7, 11) is 0. The van der Waals surface area contributed by atoms with Gasteiger partial charge in [0.25, 0.3) is 11.5 Å². The molecule has 1 aliphatic rings. The third-order valence-electron chi connectivity index (χ3n) is 4.83. The van der Waals surface area contributed by atoms with Crippen molar-refractivity contribution < 1.29 is 19.0 Å². The first-order valence-electron chi connectivity index (χ1n) is 9.19. The Labute approximate surface area is 169 Å². The van der Waals surface area contributed by atoms with E-state index in [0.717, 1.165) is 0 Å². The van der Waals surface area contributed by atoms with Gasteiger partial charge >= 0.3 is 0 Å².